The number of carbonyl (C=O) groups excluding carboxylic acids is 2. The second-order valence-corrected chi connectivity index (χ2v) is 7.47. The van der Waals surface area contributed by atoms with Gasteiger partial charge in [-0.25, -0.2) is 0 Å². The van der Waals surface area contributed by atoms with E-state index in [-0.39, 0.29) is 17.7 Å². The molecular formula is C22H24N2O2. The molecule has 0 saturated carbocycles. The number of amides is 2. The molecule has 0 N–H and O–H groups in total. The van der Waals surface area contributed by atoms with Crippen molar-refractivity contribution in [3.8, 4) is 0 Å². The minimum Gasteiger partial charge on any atom is -0.338 e. The van der Waals surface area contributed by atoms with E-state index in [1.807, 2.05) is 49.1 Å². The number of hydrogen-bond acceptors (Lipinski definition) is 2. The van der Waals surface area contributed by atoms with Crippen molar-refractivity contribution in [2.45, 2.75) is 33.2 Å². The first-order valence-corrected chi connectivity index (χ1v) is 9.26. The van der Waals surface area contributed by atoms with Crippen molar-refractivity contribution in [1.29, 1.82) is 0 Å². The highest BCUT2D eigenvalue weighted by atomic mass is 16.2. The fourth-order valence-electron chi connectivity index (χ4n) is 4.06. The quantitative estimate of drug-likeness (QED) is 0.836. The topological polar surface area (TPSA) is 40.6 Å². The fraction of sp³-hybridized carbons (Fsp3) is 0.364. The molecule has 0 aromatic heterocycles. The van der Waals surface area contributed by atoms with Gasteiger partial charge in [0.1, 0.15) is 0 Å². The Labute approximate surface area is 154 Å². The van der Waals surface area contributed by atoms with E-state index in [9.17, 15) is 9.59 Å². The highest BCUT2D eigenvalue weighted by Gasteiger charge is 2.38. The van der Waals surface area contributed by atoms with Crippen LogP contribution in [0, 0.1) is 19.8 Å². The first kappa shape index (κ1) is 16.8. The third kappa shape index (κ3) is 3.00. The van der Waals surface area contributed by atoms with Crippen molar-refractivity contribution in [3.05, 3.63) is 64.7 Å². The van der Waals surface area contributed by atoms with E-state index in [4.69, 9.17) is 0 Å². The summed E-state index contributed by atoms with van der Waals surface area (Å²) in [6, 6.07) is 14.4. The summed E-state index contributed by atoms with van der Waals surface area (Å²) in [6.45, 7) is 5.92. The van der Waals surface area contributed by atoms with Gasteiger partial charge in [0.15, 0.2) is 0 Å². The number of anilines is 1. The Morgan fingerprint density at radius 2 is 1.85 bits per heavy atom. The van der Waals surface area contributed by atoms with E-state index >= 15 is 0 Å². The third-order valence-electron chi connectivity index (χ3n) is 5.57. The second-order valence-electron chi connectivity index (χ2n) is 7.47. The molecule has 4 rings (SSSR count). The molecule has 2 heterocycles. The summed E-state index contributed by atoms with van der Waals surface area (Å²) in [4.78, 5) is 29.3. The molecule has 134 valence electrons. The molecule has 2 aliphatic rings. The summed E-state index contributed by atoms with van der Waals surface area (Å²) < 4.78 is 0. The van der Waals surface area contributed by atoms with Crippen LogP contribution >= 0.6 is 0 Å². The summed E-state index contributed by atoms with van der Waals surface area (Å²) in [7, 11) is 0. The van der Waals surface area contributed by atoms with Gasteiger partial charge >= 0.3 is 0 Å². The van der Waals surface area contributed by atoms with Crippen molar-refractivity contribution < 1.29 is 9.59 Å². The molecule has 0 aliphatic carbocycles. The SMILES string of the molecule is Cc1ccc(C)c(N2CC(C(=O)N3CCc4ccccc4C3)CC2=O)c1. The lowest BCUT2D eigenvalue weighted by Gasteiger charge is -2.30. The first-order chi connectivity index (χ1) is 12.5. The molecule has 1 atom stereocenters. The molecule has 0 radical (unpaired) electrons. The zero-order valence-corrected chi connectivity index (χ0v) is 15.4. The summed E-state index contributed by atoms with van der Waals surface area (Å²) in [5.41, 5.74) is 5.69. The average Bonchev–Trinajstić information content (AvgIpc) is 3.04. The second kappa shape index (κ2) is 6.60. The summed E-state index contributed by atoms with van der Waals surface area (Å²) in [6.07, 6.45) is 1.20. The van der Waals surface area contributed by atoms with Crippen LogP contribution in [0.5, 0.6) is 0 Å². The Kier molecular flexibility index (Phi) is 4.27. The van der Waals surface area contributed by atoms with Crippen LogP contribution in [0.3, 0.4) is 0 Å². The monoisotopic (exact) mass is 348 g/mol. The minimum absolute atomic E-state index is 0.0504. The van der Waals surface area contributed by atoms with Gasteiger partial charge in [0.05, 0.1) is 5.92 Å². The molecule has 2 amide bonds. The van der Waals surface area contributed by atoms with Crippen molar-refractivity contribution >= 4 is 17.5 Å². The zero-order chi connectivity index (χ0) is 18.3. The Bertz CT molecular complexity index is 874. The Balaban J connectivity index is 1.50. The van der Waals surface area contributed by atoms with Gasteiger partial charge in [-0.05, 0) is 48.6 Å². The van der Waals surface area contributed by atoms with Crippen LogP contribution in [0.2, 0.25) is 0 Å². The van der Waals surface area contributed by atoms with Crippen LogP contribution in [-0.2, 0) is 22.6 Å². The standard InChI is InChI=1S/C22H24N2O2/c1-15-7-8-16(2)20(11-15)24-14-19(12-21(24)25)22(26)23-10-9-17-5-3-4-6-18(17)13-23/h3-8,11,19H,9-10,12-14H2,1-2H3. The predicted molar refractivity (Wildman–Crippen MR) is 102 cm³/mol. The van der Waals surface area contributed by atoms with E-state index in [0.717, 1.165) is 29.8 Å². The maximum atomic E-state index is 13.0. The van der Waals surface area contributed by atoms with Gasteiger partial charge in [-0.15, -0.1) is 0 Å². The van der Waals surface area contributed by atoms with E-state index in [1.165, 1.54) is 11.1 Å². The van der Waals surface area contributed by atoms with Crippen molar-refractivity contribution in [2.24, 2.45) is 5.92 Å². The van der Waals surface area contributed by atoms with E-state index in [2.05, 4.69) is 12.1 Å². The molecule has 1 fully saturated rings. The van der Waals surface area contributed by atoms with Gasteiger partial charge in [0.2, 0.25) is 11.8 Å². The van der Waals surface area contributed by atoms with Crippen LogP contribution in [0.25, 0.3) is 0 Å². The molecule has 26 heavy (non-hydrogen) atoms. The Hall–Kier alpha value is -2.62. The lowest BCUT2D eigenvalue weighted by atomic mass is 9.98. The van der Waals surface area contributed by atoms with Gasteiger partial charge in [-0.3, -0.25) is 9.59 Å². The van der Waals surface area contributed by atoms with Crippen LogP contribution in [0.1, 0.15) is 28.7 Å². The van der Waals surface area contributed by atoms with Crippen LogP contribution in [0.4, 0.5) is 5.69 Å². The van der Waals surface area contributed by atoms with Crippen LogP contribution in [-0.4, -0.2) is 29.8 Å². The molecule has 2 aromatic carbocycles. The molecule has 0 spiro atoms. The number of carbonyl (C=O) groups is 2. The van der Waals surface area contributed by atoms with Gasteiger partial charge in [-0.2, -0.15) is 0 Å². The smallest absolute Gasteiger partial charge is 0.228 e. The van der Waals surface area contributed by atoms with Crippen molar-refractivity contribution in [2.75, 3.05) is 18.0 Å². The Morgan fingerprint density at radius 3 is 2.65 bits per heavy atom. The van der Waals surface area contributed by atoms with Crippen LogP contribution < -0.4 is 4.90 Å². The molecule has 4 heteroatoms. The summed E-state index contributed by atoms with van der Waals surface area (Å²) in [5.74, 6) is -0.0807. The van der Waals surface area contributed by atoms with E-state index in [1.54, 1.807) is 4.90 Å². The third-order valence-corrected chi connectivity index (χ3v) is 5.57. The van der Waals surface area contributed by atoms with Crippen LogP contribution in [0.15, 0.2) is 42.5 Å². The van der Waals surface area contributed by atoms with Crippen molar-refractivity contribution in [1.82, 2.24) is 4.90 Å². The number of aryl methyl sites for hydroxylation is 2. The van der Waals surface area contributed by atoms with E-state index in [0.29, 0.717) is 19.5 Å². The molecule has 2 aromatic rings. The highest BCUT2D eigenvalue weighted by Crippen LogP contribution is 2.30. The average molecular weight is 348 g/mol. The largest absolute Gasteiger partial charge is 0.338 e. The first-order valence-electron chi connectivity index (χ1n) is 9.26. The highest BCUT2D eigenvalue weighted by molar-refractivity contribution is 6.00. The van der Waals surface area contributed by atoms with Crippen molar-refractivity contribution in [3.63, 3.8) is 0 Å². The number of hydrogen-bond donors (Lipinski definition) is 0. The predicted octanol–water partition coefficient (Wildman–Crippen LogP) is 3.24. The minimum atomic E-state index is -0.243. The lowest BCUT2D eigenvalue weighted by Crippen LogP contribution is -2.40. The Morgan fingerprint density at radius 1 is 1.08 bits per heavy atom. The van der Waals surface area contributed by atoms with Gasteiger partial charge in [0, 0.05) is 31.7 Å². The molecule has 1 unspecified atom stereocenters. The molecular weight excluding hydrogens is 324 g/mol. The zero-order valence-electron chi connectivity index (χ0n) is 15.4. The van der Waals surface area contributed by atoms with Gasteiger partial charge in [-0.1, -0.05) is 36.4 Å². The van der Waals surface area contributed by atoms with E-state index < -0.39 is 0 Å². The maximum Gasteiger partial charge on any atom is 0.228 e. The number of benzene rings is 2. The fourth-order valence-corrected chi connectivity index (χ4v) is 4.06. The molecule has 1 saturated heterocycles. The number of nitrogens with zero attached hydrogens (tertiary/aromatic N) is 2. The summed E-state index contributed by atoms with van der Waals surface area (Å²) >= 11 is 0. The molecule has 2 aliphatic heterocycles. The number of rotatable bonds is 2. The maximum absolute atomic E-state index is 13.0. The molecule has 0 bridgehead atoms. The lowest BCUT2D eigenvalue weighted by molar-refractivity contribution is -0.136. The normalized spacial score (nSPS) is 19.6. The number of fused-ring (bicyclic) bond motifs is 1. The summed E-state index contributed by atoms with van der Waals surface area (Å²) in [5, 5.41) is 0. The van der Waals surface area contributed by atoms with Gasteiger partial charge < -0.3 is 9.80 Å². The van der Waals surface area contributed by atoms with Gasteiger partial charge in [0.25, 0.3) is 0 Å². The molecule has 4 nitrogen and oxygen atoms in total.